The SMILES string of the molecule is Cc1onc(-c2ccccc2)c1-c1ccc2ncnc(N[C@H]3CC[C@H](N(C)C)CC3)c2c1. The second-order valence-electron chi connectivity index (χ2n) is 8.90. The summed E-state index contributed by atoms with van der Waals surface area (Å²) in [5.41, 5.74) is 4.91. The van der Waals surface area contributed by atoms with Crippen LogP contribution in [0.15, 0.2) is 59.4 Å². The van der Waals surface area contributed by atoms with Gasteiger partial charge in [-0.1, -0.05) is 41.6 Å². The van der Waals surface area contributed by atoms with Crippen molar-refractivity contribution in [3.63, 3.8) is 0 Å². The summed E-state index contributed by atoms with van der Waals surface area (Å²) in [6, 6.07) is 17.6. The normalized spacial score (nSPS) is 18.9. The molecule has 1 fully saturated rings. The molecule has 2 heterocycles. The first-order valence-corrected chi connectivity index (χ1v) is 11.3. The highest BCUT2D eigenvalue weighted by Gasteiger charge is 2.23. The van der Waals surface area contributed by atoms with Gasteiger partial charge in [0, 0.05) is 23.0 Å². The molecule has 0 aliphatic heterocycles. The summed E-state index contributed by atoms with van der Waals surface area (Å²) in [5.74, 6) is 1.71. The molecule has 0 spiro atoms. The van der Waals surface area contributed by atoms with E-state index in [2.05, 4.69) is 69.8 Å². The van der Waals surface area contributed by atoms with E-state index in [1.54, 1.807) is 6.33 Å². The zero-order valence-electron chi connectivity index (χ0n) is 18.9. The van der Waals surface area contributed by atoms with Gasteiger partial charge >= 0.3 is 0 Å². The van der Waals surface area contributed by atoms with E-state index in [0.29, 0.717) is 12.1 Å². The van der Waals surface area contributed by atoms with Crippen molar-refractivity contribution in [1.82, 2.24) is 20.0 Å². The molecule has 1 aliphatic rings. The summed E-state index contributed by atoms with van der Waals surface area (Å²) in [5, 5.41) is 9.09. The molecule has 6 heteroatoms. The third kappa shape index (κ3) is 3.98. The minimum Gasteiger partial charge on any atom is -0.367 e. The average molecular weight is 428 g/mol. The molecule has 1 N–H and O–H groups in total. The maximum Gasteiger partial charge on any atom is 0.142 e. The van der Waals surface area contributed by atoms with Gasteiger partial charge in [-0.3, -0.25) is 0 Å². The fraction of sp³-hybridized carbons (Fsp3) is 0.346. The Morgan fingerprint density at radius 2 is 1.72 bits per heavy atom. The van der Waals surface area contributed by atoms with E-state index in [0.717, 1.165) is 57.7 Å². The van der Waals surface area contributed by atoms with Gasteiger partial charge in [-0.15, -0.1) is 0 Å². The van der Waals surface area contributed by atoms with Crippen LogP contribution >= 0.6 is 0 Å². The van der Waals surface area contributed by atoms with E-state index in [-0.39, 0.29) is 0 Å². The molecule has 5 rings (SSSR count). The third-order valence-electron chi connectivity index (χ3n) is 6.60. The molecule has 32 heavy (non-hydrogen) atoms. The number of hydrogen-bond acceptors (Lipinski definition) is 6. The van der Waals surface area contributed by atoms with Crippen molar-refractivity contribution >= 4 is 16.7 Å². The van der Waals surface area contributed by atoms with Crippen molar-refractivity contribution in [3.05, 3.63) is 60.6 Å². The first-order valence-electron chi connectivity index (χ1n) is 11.3. The number of rotatable bonds is 5. The third-order valence-corrected chi connectivity index (χ3v) is 6.60. The van der Waals surface area contributed by atoms with E-state index >= 15 is 0 Å². The number of aryl methyl sites for hydroxylation is 1. The number of fused-ring (bicyclic) bond motifs is 1. The lowest BCUT2D eigenvalue weighted by atomic mass is 9.90. The van der Waals surface area contributed by atoms with Gasteiger partial charge in [-0.05, 0) is 64.4 Å². The molecule has 1 saturated carbocycles. The predicted molar refractivity (Wildman–Crippen MR) is 129 cm³/mol. The second kappa shape index (κ2) is 8.71. The Balaban J connectivity index is 1.49. The number of nitrogens with one attached hydrogen (secondary N) is 1. The highest BCUT2D eigenvalue weighted by molar-refractivity contribution is 5.94. The Morgan fingerprint density at radius 1 is 0.938 bits per heavy atom. The van der Waals surface area contributed by atoms with E-state index in [9.17, 15) is 0 Å². The van der Waals surface area contributed by atoms with Crippen molar-refractivity contribution in [2.45, 2.75) is 44.7 Å². The molecule has 164 valence electrons. The van der Waals surface area contributed by atoms with Gasteiger partial charge in [0.15, 0.2) is 0 Å². The van der Waals surface area contributed by atoms with Gasteiger partial charge < -0.3 is 14.7 Å². The number of hydrogen-bond donors (Lipinski definition) is 1. The molecule has 0 atom stereocenters. The van der Waals surface area contributed by atoms with Gasteiger partial charge in [-0.25, -0.2) is 9.97 Å². The zero-order chi connectivity index (χ0) is 22.1. The molecule has 0 unspecified atom stereocenters. The predicted octanol–water partition coefficient (Wildman–Crippen LogP) is 5.54. The summed E-state index contributed by atoms with van der Waals surface area (Å²) < 4.78 is 5.60. The summed E-state index contributed by atoms with van der Waals surface area (Å²) in [4.78, 5) is 11.4. The van der Waals surface area contributed by atoms with Crippen molar-refractivity contribution < 1.29 is 4.52 Å². The van der Waals surface area contributed by atoms with Crippen molar-refractivity contribution in [1.29, 1.82) is 0 Å². The van der Waals surface area contributed by atoms with Crippen LogP contribution in [0.5, 0.6) is 0 Å². The summed E-state index contributed by atoms with van der Waals surface area (Å²) in [7, 11) is 4.35. The number of anilines is 1. The maximum atomic E-state index is 5.60. The van der Waals surface area contributed by atoms with E-state index < -0.39 is 0 Å². The molecule has 4 aromatic rings. The standard InChI is InChI=1S/C26H29N5O/c1-17-24(25(30-32-17)18-7-5-4-6-8-18)19-9-14-23-22(15-19)26(28-16-27-23)29-20-10-12-21(13-11-20)31(2)3/h4-9,14-16,20-21H,10-13H2,1-3H3,(H,27,28,29)/t20-,21-. The summed E-state index contributed by atoms with van der Waals surface area (Å²) in [6.45, 7) is 1.96. The lowest BCUT2D eigenvalue weighted by Crippen LogP contribution is -2.36. The molecular formula is C26H29N5O. The van der Waals surface area contributed by atoms with Crippen LogP contribution in [-0.2, 0) is 0 Å². The first-order chi connectivity index (χ1) is 15.6. The second-order valence-corrected chi connectivity index (χ2v) is 8.90. The molecular weight excluding hydrogens is 398 g/mol. The lowest BCUT2D eigenvalue weighted by molar-refractivity contribution is 0.221. The van der Waals surface area contributed by atoms with Crippen LogP contribution in [0.2, 0.25) is 0 Å². The number of benzene rings is 2. The molecule has 0 radical (unpaired) electrons. The van der Waals surface area contributed by atoms with Gasteiger partial charge in [-0.2, -0.15) is 0 Å². The maximum absolute atomic E-state index is 5.60. The smallest absolute Gasteiger partial charge is 0.142 e. The minimum atomic E-state index is 0.435. The lowest BCUT2D eigenvalue weighted by Gasteiger charge is -2.33. The molecule has 0 amide bonds. The van der Waals surface area contributed by atoms with Gasteiger partial charge in [0.05, 0.1) is 11.1 Å². The van der Waals surface area contributed by atoms with E-state index in [4.69, 9.17) is 4.52 Å². The van der Waals surface area contributed by atoms with E-state index in [1.807, 2.05) is 25.1 Å². The fourth-order valence-corrected chi connectivity index (χ4v) is 4.76. The highest BCUT2D eigenvalue weighted by Crippen LogP contribution is 2.36. The first kappa shape index (κ1) is 20.6. The zero-order valence-corrected chi connectivity index (χ0v) is 18.9. The molecule has 1 aliphatic carbocycles. The molecule has 2 aromatic carbocycles. The topological polar surface area (TPSA) is 67.1 Å². The van der Waals surface area contributed by atoms with Crippen LogP contribution in [0, 0.1) is 6.92 Å². The van der Waals surface area contributed by atoms with Gasteiger partial charge in [0.2, 0.25) is 0 Å². The molecule has 0 saturated heterocycles. The van der Waals surface area contributed by atoms with Crippen molar-refractivity contribution in [3.8, 4) is 22.4 Å². The largest absolute Gasteiger partial charge is 0.367 e. The van der Waals surface area contributed by atoms with Crippen LogP contribution in [-0.4, -0.2) is 46.2 Å². The quantitative estimate of drug-likeness (QED) is 0.451. The van der Waals surface area contributed by atoms with Crippen LogP contribution < -0.4 is 5.32 Å². The molecule has 0 bridgehead atoms. The van der Waals surface area contributed by atoms with Crippen LogP contribution in [0.3, 0.4) is 0 Å². The van der Waals surface area contributed by atoms with Crippen molar-refractivity contribution in [2.24, 2.45) is 0 Å². The minimum absolute atomic E-state index is 0.435. The van der Waals surface area contributed by atoms with Gasteiger partial charge in [0.1, 0.15) is 23.6 Å². The Morgan fingerprint density at radius 3 is 2.47 bits per heavy atom. The Hall–Kier alpha value is -3.25. The Kier molecular flexibility index (Phi) is 5.62. The van der Waals surface area contributed by atoms with Crippen LogP contribution in [0.1, 0.15) is 31.4 Å². The monoisotopic (exact) mass is 427 g/mol. The Bertz CT molecular complexity index is 1210. The average Bonchev–Trinajstić information content (AvgIpc) is 3.21. The van der Waals surface area contributed by atoms with Crippen LogP contribution in [0.25, 0.3) is 33.3 Å². The highest BCUT2D eigenvalue weighted by atomic mass is 16.5. The number of aromatic nitrogens is 3. The summed E-state index contributed by atoms with van der Waals surface area (Å²) >= 11 is 0. The molecule has 6 nitrogen and oxygen atoms in total. The van der Waals surface area contributed by atoms with Gasteiger partial charge in [0.25, 0.3) is 0 Å². The van der Waals surface area contributed by atoms with E-state index in [1.165, 1.54) is 12.8 Å². The summed E-state index contributed by atoms with van der Waals surface area (Å²) in [6.07, 6.45) is 6.36. The molecule has 2 aromatic heterocycles. The van der Waals surface area contributed by atoms with Crippen molar-refractivity contribution in [2.75, 3.05) is 19.4 Å². The van der Waals surface area contributed by atoms with Crippen LogP contribution in [0.4, 0.5) is 5.82 Å². The fourth-order valence-electron chi connectivity index (χ4n) is 4.76. The Labute approximate surface area is 188 Å². The number of nitrogens with zero attached hydrogens (tertiary/aromatic N) is 4.